The summed E-state index contributed by atoms with van der Waals surface area (Å²) >= 11 is 7.16. The van der Waals surface area contributed by atoms with Gasteiger partial charge in [-0.1, -0.05) is 11.6 Å². The van der Waals surface area contributed by atoms with Crippen molar-refractivity contribution in [2.45, 2.75) is 48.9 Å². The van der Waals surface area contributed by atoms with Crippen LogP contribution in [0.3, 0.4) is 0 Å². The first-order chi connectivity index (χ1) is 19.5. The van der Waals surface area contributed by atoms with Gasteiger partial charge in [0.2, 0.25) is 21.8 Å². The van der Waals surface area contributed by atoms with Gasteiger partial charge in [-0.25, -0.2) is 16.8 Å². The average molecular weight is 646 g/mol. The number of amides is 2. The maximum Gasteiger partial charge on any atom is 0.250 e. The molecule has 0 radical (unpaired) electrons. The van der Waals surface area contributed by atoms with E-state index in [1.54, 1.807) is 31.2 Å². The first kappa shape index (κ1) is 30.6. The molecule has 1 N–H and O–H groups in total. The number of rotatable bonds is 9. The number of likely N-dealkylation sites (tertiary alicyclic amines) is 2. The second-order valence-electron chi connectivity index (χ2n) is 10.8. The lowest BCUT2D eigenvalue weighted by Crippen LogP contribution is -2.56. The minimum Gasteiger partial charge on any atom is -0.337 e. The summed E-state index contributed by atoms with van der Waals surface area (Å²) < 4.78 is 55.6. The Morgan fingerprint density at radius 2 is 1.76 bits per heavy atom. The number of piperazine rings is 1. The van der Waals surface area contributed by atoms with Crippen LogP contribution in [-0.4, -0.2) is 118 Å². The lowest BCUT2D eigenvalue weighted by molar-refractivity contribution is -0.143. The zero-order chi connectivity index (χ0) is 29.4. The highest BCUT2D eigenvalue weighted by Gasteiger charge is 2.37. The average Bonchev–Trinajstić information content (AvgIpc) is 3.58. The Balaban J connectivity index is 1.17. The van der Waals surface area contributed by atoms with Crippen LogP contribution in [0.5, 0.6) is 0 Å². The second-order valence-corrected chi connectivity index (χ2v) is 16.5. The Kier molecular flexibility index (Phi) is 9.29. The highest BCUT2D eigenvalue weighted by Crippen LogP contribution is 2.31. The molecule has 11 nitrogen and oxygen atoms in total. The van der Waals surface area contributed by atoms with Gasteiger partial charge in [0.05, 0.1) is 12.3 Å². The molecule has 0 saturated carbocycles. The third-order valence-corrected chi connectivity index (χ3v) is 13.3. The van der Waals surface area contributed by atoms with Crippen LogP contribution >= 0.6 is 22.9 Å². The molecule has 3 fully saturated rings. The predicted molar refractivity (Wildman–Crippen MR) is 159 cm³/mol. The number of nitrogens with zero attached hydrogens (tertiary/aromatic N) is 4. The number of carbonyl (C=O) groups is 2. The van der Waals surface area contributed by atoms with Gasteiger partial charge < -0.3 is 9.80 Å². The molecule has 3 aliphatic heterocycles. The summed E-state index contributed by atoms with van der Waals surface area (Å²) in [5.74, 6) is -0.435. The van der Waals surface area contributed by atoms with Crippen molar-refractivity contribution in [1.82, 2.24) is 23.7 Å². The van der Waals surface area contributed by atoms with Gasteiger partial charge in [-0.05, 0) is 62.3 Å². The number of fused-ring (bicyclic) bond motifs is 1. The maximum absolute atomic E-state index is 13.4. The molecule has 1 aromatic carbocycles. The Labute approximate surface area is 250 Å². The van der Waals surface area contributed by atoms with Crippen LogP contribution in [0.4, 0.5) is 0 Å². The van der Waals surface area contributed by atoms with E-state index in [2.05, 4.69) is 9.62 Å². The second kappa shape index (κ2) is 12.4. The number of benzene rings is 1. The summed E-state index contributed by atoms with van der Waals surface area (Å²) in [7, 11) is -7.14. The van der Waals surface area contributed by atoms with E-state index >= 15 is 0 Å². The van der Waals surface area contributed by atoms with E-state index in [9.17, 15) is 26.4 Å². The normalized spacial score (nSPS) is 23.5. The fraction of sp³-hybridized carbons (Fsp3) is 0.615. The highest BCUT2D eigenvalue weighted by atomic mass is 35.5. The van der Waals surface area contributed by atoms with Gasteiger partial charge in [-0.3, -0.25) is 14.5 Å². The van der Waals surface area contributed by atoms with E-state index < -0.39 is 26.1 Å². The smallest absolute Gasteiger partial charge is 0.250 e. The van der Waals surface area contributed by atoms with Crippen LogP contribution in [0.15, 0.2) is 28.5 Å². The molecule has 2 atom stereocenters. The molecule has 0 spiro atoms. The minimum atomic E-state index is -3.94. The van der Waals surface area contributed by atoms with Crippen LogP contribution < -0.4 is 4.72 Å². The number of halogens is 1. The Morgan fingerprint density at radius 3 is 2.49 bits per heavy atom. The first-order valence-electron chi connectivity index (χ1n) is 14.0. The van der Waals surface area contributed by atoms with Gasteiger partial charge in [-0.2, -0.15) is 9.03 Å². The molecule has 15 heteroatoms. The lowest BCUT2D eigenvalue weighted by atomic mass is 10.1. The SMILES string of the molecule is CCS(=O)(=O)N1CCN(CC2CCCN2C(=O)CN2CCCC(NS(=O)(=O)c3cc4cc(Cl)ccc4s3)C2=O)CC1. The van der Waals surface area contributed by atoms with Gasteiger partial charge in [0.1, 0.15) is 10.3 Å². The summed E-state index contributed by atoms with van der Waals surface area (Å²) in [4.78, 5) is 32.1. The largest absolute Gasteiger partial charge is 0.337 e. The van der Waals surface area contributed by atoms with Crippen molar-refractivity contribution in [2.75, 3.05) is 58.1 Å². The van der Waals surface area contributed by atoms with Gasteiger partial charge in [0, 0.05) is 61.6 Å². The summed E-state index contributed by atoms with van der Waals surface area (Å²) in [6, 6.07) is 5.80. The van der Waals surface area contributed by atoms with Crippen molar-refractivity contribution >= 4 is 64.9 Å². The van der Waals surface area contributed by atoms with Crippen molar-refractivity contribution in [3.63, 3.8) is 0 Å². The molecule has 226 valence electrons. The molecule has 0 bridgehead atoms. The van der Waals surface area contributed by atoms with Crippen LogP contribution in [0.1, 0.15) is 32.6 Å². The third-order valence-electron chi connectivity index (χ3n) is 8.13. The Bertz CT molecular complexity index is 1510. The zero-order valence-electron chi connectivity index (χ0n) is 23.0. The van der Waals surface area contributed by atoms with Crippen molar-refractivity contribution in [1.29, 1.82) is 0 Å². The predicted octanol–water partition coefficient (Wildman–Crippen LogP) is 1.78. The first-order valence-corrected chi connectivity index (χ1v) is 18.3. The van der Waals surface area contributed by atoms with E-state index in [1.165, 1.54) is 9.21 Å². The molecule has 0 aliphatic carbocycles. The van der Waals surface area contributed by atoms with E-state index in [0.29, 0.717) is 63.7 Å². The topological polar surface area (TPSA) is 127 Å². The molecular formula is C26H36ClN5O6S3. The van der Waals surface area contributed by atoms with Gasteiger partial charge >= 0.3 is 0 Å². The highest BCUT2D eigenvalue weighted by molar-refractivity contribution is 7.91. The van der Waals surface area contributed by atoms with E-state index in [1.807, 2.05) is 4.90 Å². The summed E-state index contributed by atoms with van der Waals surface area (Å²) in [6.45, 7) is 5.39. The number of carbonyl (C=O) groups excluding carboxylic acids is 2. The van der Waals surface area contributed by atoms with Crippen molar-refractivity contribution in [3.8, 4) is 0 Å². The van der Waals surface area contributed by atoms with Crippen LogP contribution in [-0.2, 0) is 29.6 Å². The number of piperidine rings is 1. The number of hydrogen-bond acceptors (Lipinski definition) is 8. The molecule has 2 amide bonds. The molecule has 4 heterocycles. The summed E-state index contributed by atoms with van der Waals surface area (Å²) in [5.41, 5.74) is 0. The number of sulfonamides is 2. The van der Waals surface area contributed by atoms with Crippen molar-refractivity contribution in [3.05, 3.63) is 29.3 Å². The van der Waals surface area contributed by atoms with E-state index in [4.69, 9.17) is 11.6 Å². The van der Waals surface area contributed by atoms with Crippen molar-refractivity contribution in [2.24, 2.45) is 0 Å². The Hall–Kier alpha value is -1.81. The Morgan fingerprint density at radius 1 is 1.02 bits per heavy atom. The van der Waals surface area contributed by atoms with Crippen LogP contribution in [0.25, 0.3) is 10.1 Å². The summed E-state index contributed by atoms with van der Waals surface area (Å²) in [5, 5.41) is 1.23. The molecular weight excluding hydrogens is 610 g/mol. The maximum atomic E-state index is 13.4. The molecule has 5 rings (SSSR count). The quantitative estimate of drug-likeness (QED) is 0.441. The number of nitrogens with one attached hydrogen (secondary N) is 1. The van der Waals surface area contributed by atoms with Crippen LogP contribution in [0.2, 0.25) is 5.02 Å². The van der Waals surface area contributed by atoms with E-state index in [-0.39, 0.29) is 34.4 Å². The van der Waals surface area contributed by atoms with E-state index in [0.717, 1.165) is 34.3 Å². The molecule has 3 saturated heterocycles. The molecule has 41 heavy (non-hydrogen) atoms. The number of hydrogen-bond donors (Lipinski definition) is 1. The molecule has 2 unspecified atom stereocenters. The fourth-order valence-electron chi connectivity index (χ4n) is 5.85. The van der Waals surface area contributed by atoms with Gasteiger partial charge in [-0.15, -0.1) is 11.3 Å². The summed E-state index contributed by atoms with van der Waals surface area (Å²) in [6.07, 6.45) is 2.68. The standard InChI is InChI=1S/C26H36ClN5O6S3/c1-2-40(35,36)31-13-11-29(12-14-31)17-21-5-3-10-32(21)24(33)18-30-9-4-6-22(26(30)34)28-41(37,38)25-16-19-15-20(27)7-8-23(19)39-25/h7-8,15-16,21-22,28H,2-6,9-14,17-18H2,1H3. The van der Waals surface area contributed by atoms with Crippen molar-refractivity contribution < 1.29 is 26.4 Å². The van der Waals surface area contributed by atoms with Crippen LogP contribution in [0, 0.1) is 0 Å². The molecule has 3 aliphatic rings. The molecule has 1 aromatic heterocycles. The fourth-order valence-corrected chi connectivity index (χ4v) is 9.74. The van der Waals surface area contributed by atoms with Gasteiger partial charge in [0.25, 0.3) is 10.0 Å². The number of thiophene rings is 1. The third kappa shape index (κ3) is 6.89. The lowest BCUT2D eigenvalue weighted by Gasteiger charge is -2.37. The van der Waals surface area contributed by atoms with Gasteiger partial charge in [0.15, 0.2) is 0 Å². The zero-order valence-corrected chi connectivity index (χ0v) is 26.2. The molecule has 2 aromatic rings. The monoisotopic (exact) mass is 645 g/mol. The minimum absolute atomic E-state index is 0.00693.